The number of piperidine rings is 1. The lowest BCUT2D eigenvalue weighted by Crippen LogP contribution is -2.45. The van der Waals surface area contributed by atoms with Crippen molar-refractivity contribution in [1.29, 1.82) is 0 Å². The van der Waals surface area contributed by atoms with Gasteiger partial charge < -0.3 is 10.1 Å². The van der Waals surface area contributed by atoms with Crippen LogP contribution in [0, 0.1) is 5.92 Å². The molecule has 1 amide bonds. The van der Waals surface area contributed by atoms with Crippen LogP contribution in [0.25, 0.3) is 0 Å². The van der Waals surface area contributed by atoms with Gasteiger partial charge in [-0.3, -0.25) is 9.69 Å². The maximum atomic E-state index is 12.6. The summed E-state index contributed by atoms with van der Waals surface area (Å²) >= 11 is 0. The Hall–Kier alpha value is -2.41. The number of methoxy groups -OCH3 is 1. The van der Waals surface area contributed by atoms with Crippen molar-refractivity contribution in [2.75, 3.05) is 26.7 Å². The van der Waals surface area contributed by atoms with Gasteiger partial charge in [-0.2, -0.15) is 0 Å². The highest BCUT2D eigenvalue weighted by molar-refractivity contribution is 5.82. The second kappa shape index (κ2) is 10.1. The molecular formula is C24H32N4O2. The molecule has 0 saturated carbocycles. The number of amides is 1. The Morgan fingerprint density at radius 2 is 1.80 bits per heavy atom. The van der Waals surface area contributed by atoms with Crippen molar-refractivity contribution in [1.82, 2.24) is 21.1 Å². The lowest BCUT2D eigenvalue weighted by molar-refractivity contribution is -0.123. The van der Waals surface area contributed by atoms with E-state index in [0.29, 0.717) is 5.92 Å². The molecule has 3 N–H and O–H groups in total. The zero-order valence-corrected chi connectivity index (χ0v) is 17.6. The molecule has 2 fully saturated rings. The van der Waals surface area contributed by atoms with Gasteiger partial charge in [-0.05, 0) is 61.5 Å². The Morgan fingerprint density at radius 1 is 1.07 bits per heavy atom. The van der Waals surface area contributed by atoms with Gasteiger partial charge in [-0.1, -0.05) is 42.5 Å². The maximum absolute atomic E-state index is 12.6. The summed E-state index contributed by atoms with van der Waals surface area (Å²) in [6, 6.07) is 18.6. The molecule has 0 spiro atoms. The molecule has 6 heteroatoms. The lowest BCUT2D eigenvalue weighted by atomic mass is 9.96. The van der Waals surface area contributed by atoms with Crippen molar-refractivity contribution in [3.05, 3.63) is 65.7 Å². The van der Waals surface area contributed by atoms with E-state index in [9.17, 15) is 4.79 Å². The first-order valence-corrected chi connectivity index (χ1v) is 10.9. The lowest BCUT2D eigenvalue weighted by Gasteiger charge is -2.32. The fourth-order valence-electron chi connectivity index (χ4n) is 4.34. The highest BCUT2D eigenvalue weighted by atomic mass is 16.5. The van der Waals surface area contributed by atoms with Gasteiger partial charge in [0.05, 0.1) is 7.11 Å². The van der Waals surface area contributed by atoms with Crippen LogP contribution in [0.2, 0.25) is 0 Å². The van der Waals surface area contributed by atoms with E-state index in [1.54, 1.807) is 7.11 Å². The molecule has 2 saturated heterocycles. The quantitative estimate of drug-likeness (QED) is 0.657. The van der Waals surface area contributed by atoms with Crippen LogP contribution in [-0.2, 0) is 11.3 Å². The van der Waals surface area contributed by atoms with E-state index in [1.165, 1.54) is 11.1 Å². The monoisotopic (exact) mass is 408 g/mol. The fourth-order valence-corrected chi connectivity index (χ4v) is 4.34. The zero-order chi connectivity index (χ0) is 20.8. The summed E-state index contributed by atoms with van der Waals surface area (Å²) in [4.78, 5) is 15.1. The number of hydrogen-bond donors (Lipinski definition) is 3. The van der Waals surface area contributed by atoms with Gasteiger partial charge in [-0.15, -0.1) is 0 Å². The van der Waals surface area contributed by atoms with Gasteiger partial charge in [-0.25, -0.2) is 10.9 Å². The SMILES string of the molecule is COc1ccc(CN2CCC(CNC(=O)C3CC(c4ccccc4)NN3)CC2)cc1. The molecule has 0 radical (unpaired) electrons. The second-order valence-electron chi connectivity index (χ2n) is 8.35. The average molecular weight is 409 g/mol. The number of ether oxygens (including phenoxy) is 1. The smallest absolute Gasteiger partial charge is 0.238 e. The standard InChI is InChI=1S/C24H32N4O2/c1-30-21-9-7-19(8-10-21)17-28-13-11-18(12-14-28)16-25-24(29)23-15-22(26-27-23)20-5-3-2-4-6-20/h2-10,18,22-23,26-27H,11-17H2,1H3,(H,25,29). The minimum Gasteiger partial charge on any atom is -0.497 e. The van der Waals surface area contributed by atoms with Gasteiger partial charge in [0.1, 0.15) is 11.8 Å². The zero-order valence-electron chi connectivity index (χ0n) is 17.6. The van der Waals surface area contributed by atoms with Gasteiger partial charge >= 0.3 is 0 Å². The molecule has 2 unspecified atom stereocenters. The van der Waals surface area contributed by atoms with Crippen LogP contribution in [0.3, 0.4) is 0 Å². The van der Waals surface area contributed by atoms with Crippen molar-refractivity contribution >= 4 is 5.91 Å². The van der Waals surface area contributed by atoms with E-state index in [1.807, 2.05) is 30.3 Å². The molecule has 2 aromatic rings. The minimum atomic E-state index is -0.176. The molecule has 30 heavy (non-hydrogen) atoms. The van der Waals surface area contributed by atoms with Crippen LogP contribution in [0.4, 0.5) is 0 Å². The minimum absolute atomic E-state index is 0.0987. The van der Waals surface area contributed by atoms with Gasteiger partial charge in [0.15, 0.2) is 0 Å². The summed E-state index contributed by atoms with van der Waals surface area (Å²) in [5.41, 5.74) is 8.94. The number of rotatable bonds is 7. The summed E-state index contributed by atoms with van der Waals surface area (Å²) in [6.07, 6.45) is 3.02. The second-order valence-corrected chi connectivity index (χ2v) is 8.35. The van der Waals surface area contributed by atoms with Crippen molar-refractivity contribution < 1.29 is 9.53 Å². The Morgan fingerprint density at radius 3 is 2.50 bits per heavy atom. The Bertz CT molecular complexity index is 804. The molecule has 2 aliphatic heterocycles. The van der Waals surface area contributed by atoms with Crippen LogP contribution < -0.4 is 20.9 Å². The number of carbonyl (C=O) groups is 1. The first-order chi connectivity index (χ1) is 14.7. The molecule has 2 heterocycles. The molecule has 2 aliphatic rings. The Kier molecular flexibility index (Phi) is 7.00. The van der Waals surface area contributed by atoms with Crippen LogP contribution in [0.5, 0.6) is 5.75 Å². The molecule has 0 bridgehead atoms. The van der Waals surface area contributed by atoms with E-state index < -0.39 is 0 Å². The fraction of sp³-hybridized carbons (Fsp3) is 0.458. The molecule has 2 aromatic carbocycles. The van der Waals surface area contributed by atoms with E-state index in [0.717, 1.165) is 51.2 Å². The number of hydrogen-bond acceptors (Lipinski definition) is 5. The van der Waals surface area contributed by atoms with Gasteiger partial charge in [0.25, 0.3) is 0 Å². The molecule has 160 valence electrons. The Balaban J connectivity index is 1.16. The average Bonchev–Trinajstić information content (AvgIpc) is 3.30. The number of nitrogens with zero attached hydrogens (tertiary/aromatic N) is 1. The van der Waals surface area contributed by atoms with E-state index in [2.05, 4.69) is 45.3 Å². The number of hydrazine groups is 1. The van der Waals surface area contributed by atoms with Crippen LogP contribution in [0.15, 0.2) is 54.6 Å². The van der Waals surface area contributed by atoms with E-state index in [-0.39, 0.29) is 18.0 Å². The normalized spacial score (nSPS) is 22.7. The maximum Gasteiger partial charge on any atom is 0.238 e. The number of nitrogens with one attached hydrogen (secondary N) is 3. The molecule has 0 aromatic heterocycles. The van der Waals surface area contributed by atoms with Crippen molar-refractivity contribution in [3.8, 4) is 5.75 Å². The number of benzene rings is 2. The topological polar surface area (TPSA) is 65.6 Å². The predicted octanol–water partition coefficient (Wildman–Crippen LogP) is 2.63. The number of likely N-dealkylation sites (tertiary alicyclic amines) is 1. The third kappa shape index (κ3) is 5.39. The molecule has 0 aliphatic carbocycles. The molecule has 6 nitrogen and oxygen atoms in total. The Labute approximate surface area is 179 Å². The van der Waals surface area contributed by atoms with Crippen LogP contribution in [-0.4, -0.2) is 43.6 Å². The largest absolute Gasteiger partial charge is 0.497 e. The molecular weight excluding hydrogens is 376 g/mol. The molecule has 2 atom stereocenters. The predicted molar refractivity (Wildman–Crippen MR) is 118 cm³/mol. The highest BCUT2D eigenvalue weighted by Crippen LogP contribution is 2.23. The molecule has 4 rings (SSSR count). The summed E-state index contributed by atoms with van der Waals surface area (Å²) in [6.45, 7) is 3.89. The van der Waals surface area contributed by atoms with E-state index in [4.69, 9.17) is 4.74 Å². The van der Waals surface area contributed by atoms with E-state index >= 15 is 0 Å². The van der Waals surface area contributed by atoms with Crippen LogP contribution in [0.1, 0.15) is 36.4 Å². The number of carbonyl (C=O) groups excluding carboxylic acids is 1. The summed E-state index contributed by atoms with van der Waals surface area (Å²) in [5.74, 6) is 1.55. The summed E-state index contributed by atoms with van der Waals surface area (Å²) in [5, 5.41) is 3.17. The van der Waals surface area contributed by atoms with Crippen molar-refractivity contribution in [2.45, 2.75) is 37.9 Å². The third-order valence-electron chi connectivity index (χ3n) is 6.26. The van der Waals surface area contributed by atoms with Gasteiger partial charge in [0.2, 0.25) is 5.91 Å². The third-order valence-corrected chi connectivity index (χ3v) is 6.26. The first kappa shape index (κ1) is 20.8. The van der Waals surface area contributed by atoms with Crippen LogP contribution >= 0.6 is 0 Å². The van der Waals surface area contributed by atoms with Crippen molar-refractivity contribution in [3.63, 3.8) is 0 Å². The highest BCUT2D eigenvalue weighted by Gasteiger charge is 2.30. The summed E-state index contributed by atoms with van der Waals surface area (Å²) in [7, 11) is 1.69. The summed E-state index contributed by atoms with van der Waals surface area (Å²) < 4.78 is 5.23. The first-order valence-electron chi connectivity index (χ1n) is 10.9. The van der Waals surface area contributed by atoms with Crippen molar-refractivity contribution in [2.24, 2.45) is 5.92 Å². The van der Waals surface area contributed by atoms with Gasteiger partial charge in [0, 0.05) is 19.1 Å².